The molecule has 0 aliphatic carbocycles. The summed E-state index contributed by atoms with van der Waals surface area (Å²) in [6.45, 7) is 11.7. The molecule has 0 atom stereocenters. The average molecular weight is 305 g/mol. The van der Waals surface area contributed by atoms with E-state index >= 15 is 0 Å². The molecule has 0 amide bonds. The first kappa shape index (κ1) is 17.2. The molecule has 0 spiro atoms. The van der Waals surface area contributed by atoms with Gasteiger partial charge in [-0.25, -0.2) is 0 Å². The maximum atomic E-state index is 11.6. The summed E-state index contributed by atoms with van der Waals surface area (Å²) >= 11 is 0. The van der Waals surface area contributed by atoms with Gasteiger partial charge in [0.05, 0.1) is 12.2 Å². The number of likely N-dealkylation sites (tertiary alicyclic amines) is 1. The molecule has 1 fully saturated rings. The van der Waals surface area contributed by atoms with E-state index in [1.807, 2.05) is 20.0 Å². The highest BCUT2D eigenvalue weighted by Crippen LogP contribution is 2.24. The van der Waals surface area contributed by atoms with Crippen molar-refractivity contribution < 1.29 is 4.79 Å². The summed E-state index contributed by atoms with van der Waals surface area (Å²) in [6.07, 6.45) is 8.28. The molecule has 0 unspecified atom stereocenters. The second-order valence-electron chi connectivity index (χ2n) is 7.21. The average Bonchev–Trinajstić information content (AvgIpc) is 2.98. The lowest BCUT2D eigenvalue weighted by Gasteiger charge is -2.32. The van der Waals surface area contributed by atoms with Crippen molar-refractivity contribution in [2.45, 2.75) is 65.3 Å². The Hall–Kier alpha value is -1.16. The van der Waals surface area contributed by atoms with E-state index in [1.54, 1.807) is 0 Å². The molecule has 0 aromatic carbocycles. The van der Waals surface area contributed by atoms with E-state index in [-0.39, 0.29) is 5.92 Å². The molecule has 2 heterocycles. The van der Waals surface area contributed by atoms with Gasteiger partial charge in [-0.1, -0.05) is 27.7 Å². The summed E-state index contributed by atoms with van der Waals surface area (Å²) in [5, 5.41) is 4.54. The van der Waals surface area contributed by atoms with Crippen LogP contribution in [0.3, 0.4) is 0 Å². The van der Waals surface area contributed by atoms with Gasteiger partial charge in [0.2, 0.25) is 0 Å². The van der Waals surface area contributed by atoms with Crippen LogP contribution in [0, 0.1) is 5.92 Å². The predicted octanol–water partition coefficient (Wildman–Crippen LogP) is 3.65. The van der Waals surface area contributed by atoms with Crippen molar-refractivity contribution in [2.75, 3.05) is 19.6 Å². The molecule has 2 rings (SSSR count). The highest BCUT2D eigenvalue weighted by atomic mass is 16.1. The van der Waals surface area contributed by atoms with E-state index in [4.69, 9.17) is 0 Å². The quantitative estimate of drug-likeness (QED) is 0.772. The molecule has 124 valence electrons. The summed E-state index contributed by atoms with van der Waals surface area (Å²) < 4.78 is 2.16. The maximum absolute atomic E-state index is 11.6. The van der Waals surface area contributed by atoms with Gasteiger partial charge in [0.25, 0.3) is 0 Å². The van der Waals surface area contributed by atoms with Crippen molar-refractivity contribution in [3.8, 4) is 0 Å². The van der Waals surface area contributed by atoms with Gasteiger partial charge in [-0.05, 0) is 37.3 Å². The molecule has 4 nitrogen and oxygen atoms in total. The molecule has 1 aliphatic heterocycles. The monoisotopic (exact) mass is 305 g/mol. The van der Waals surface area contributed by atoms with Gasteiger partial charge >= 0.3 is 0 Å². The summed E-state index contributed by atoms with van der Waals surface area (Å²) in [5.41, 5.74) is 1.33. The summed E-state index contributed by atoms with van der Waals surface area (Å²) in [4.78, 5) is 14.1. The van der Waals surface area contributed by atoms with Crippen LogP contribution in [0.1, 0.15) is 70.9 Å². The van der Waals surface area contributed by atoms with Crippen LogP contribution in [0.15, 0.2) is 12.4 Å². The Balaban J connectivity index is 1.72. The summed E-state index contributed by atoms with van der Waals surface area (Å²) in [7, 11) is 0. The topological polar surface area (TPSA) is 38.1 Å². The lowest BCUT2D eigenvalue weighted by atomic mass is 10.0. The first-order chi connectivity index (χ1) is 10.5. The maximum Gasteiger partial charge on any atom is 0.135 e. The Morgan fingerprint density at radius 1 is 1.27 bits per heavy atom. The van der Waals surface area contributed by atoms with Gasteiger partial charge in [-0.2, -0.15) is 5.10 Å². The number of Topliss-reactive ketones (excluding diaryl/α,β-unsaturated/α-hetero) is 1. The number of hydrogen-bond acceptors (Lipinski definition) is 3. The molecule has 1 saturated heterocycles. The van der Waals surface area contributed by atoms with Gasteiger partial charge < -0.3 is 4.90 Å². The molecule has 1 aliphatic rings. The number of rotatable bonds is 7. The molecule has 0 saturated carbocycles. The van der Waals surface area contributed by atoms with Crippen LogP contribution in [0.4, 0.5) is 0 Å². The van der Waals surface area contributed by atoms with E-state index in [0.717, 1.165) is 45.3 Å². The Kier molecular flexibility index (Phi) is 6.18. The molecular weight excluding hydrogens is 274 g/mol. The smallest absolute Gasteiger partial charge is 0.135 e. The van der Waals surface area contributed by atoms with E-state index < -0.39 is 0 Å². The second kappa shape index (κ2) is 7.91. The standard InChI is InChI=1S/C18H31N3O/c1-14(2)16-12-19-21(13-16)17-7-10-20(11-8-17)9-5-6-18(22)15(3)4/h12-15,17H,5-11H2,1-4H3. The lowest BCUT2D eigenvalue weighted by molar-refractivity contribution is -0.122. The number of carbonyl (C=O) groups excluding carboxylic acids is 1. The number of aromatic nitrogens is 2. The van der Waals surface area contributed by atoms with Crippen molar-refractivity contribution in [1.82, 2.24) is 14.7 Å². The minimum Gasteiger partial charge on any atom is -0.303 e. The molecule has 1 aromatic rings. The highest BCUT2D eigenvalue weighted by molar-refractivity contribution is 5.80. The van der Waals surface area contributed by atoms with Crippen LogP contribution in [0.5, 0.6) is 0 Å². The normalized spacial score (nSPS) is 17.5. The van der Waals surface area contributed by atoms with Crippen LogP contribution < -0.4 is 0 Å². The fourth-order valence-corrected chi connectivity index (χ4v) is 3.02. The van der Waals surface area contributed by atoms with E-state index in [2.05, 4.69) is 34.7 Å². The highest BCUT2D eigenvalue weighted by Gasteiger charge is 2.21. The fourth-order valence-electron chi connectivity index (χ4n) is 3.02. The first-order valence-corrected chi connectivity index (χ1v) is 8.76. The van der Waals surface area contributed by atoms with Crippen LogP contribution in [-0.2, 0) is 4.79 Å². The second-order valence-corrected chi connectivity index (χ2v) is 7.21. The molecule has 22 heavy (non-hydrogen) atoms. The fraction of sp³-hybridized carbons (Fsp3) is 0.778. The van der Waals surface area contributed by atoms with Crippen molar-refractivity contribution >= 4 is 5.78 Å². The van der Waals surface area contributed by atoms with Crippen LogP contribution in [0.25, 0.3) is 0 Å². The first-order valence-electron chi connectivity index (χ1n) is 8.76. The van der Waals surface area contributed by atoms with E-state index in [9.17, 15) is 4.79 Å². The number of ketones is 1. The predicted molar refractivity (Wildman–Crippen MR) is 90.1 cm³/mol. The zero-order valence-corrected chi connectivity index (χ0v) is 14.6. The minimum absolute atomic E-state index is 0.181. The zero-order chi connectivity index (χ0) is 16.1. The number of piperidine rings is 1. The van der Waals surface area contributed by atoms with Crippen LogP contribution >= 0.6 is 0 Å². The molecular formula is C18H31N3O. The van der Waals surface area contributed by atoms with Crippen LogP contribution in [-0.4, -0.2) is 40.1 Å². The SMILES string of the molecule is CC(C)C(=O)CCCN1CCC(n2cc(C(C)C)cn2)CC1. The molecule has 0 N–H and O–H groups in total. The largest absolute Gasteiger partial charge is 0.303 e. The third-order valence-electron chi connectivity index (χ3n) is 4.76. The number of nitrogens with zero attached hydrogens (tertiary/aromatic N) is 3. The Morgan fingerprint density at radius 3 is 2.50 bits per heavy atom. The van der Waals surface area contributed by atoms with Crippen molar-refractivity contribution in [3.05, 3.63) is 18.0 Å². The molecule has 0 radical (unpaired) electrons. The van der Waals surface area contributed by atoms with Crippen molar-refractivity contribution in [3.63, 3.8) is 0 Å². The Morgan fingerprint density at radius 2 is 1.95 bits per heavy atom. The van der Waals surface area contributed by atoms with Crippen molar-refractivity contribution in [2.24, 2.45) is 5.92 Å². The molecule has 4 heteroatoms. The minimum atomic E-state index is 0.181. The summed E-state index contributed by atoms with van der Waals surface area (Å²) in [6, 6.07) is 0.543. The third kappa shape index (κ3) is 4.67. The van der Waals surface area contributed by atoms with Gasteiger partial charge in [-0.3, -0.25) is 9.48 Å². The Labute approximate surface area is 134 Å². The van der Waals surface area contributed by atoms with E-state index in [1.165, 1.54) is 5.56 Å². The summed E-state index contributed by atoms with van der Waals surface area (Å²) in [5.74, 6) is 1.13. The van der Waals surface area contributed by atoms with Gasteiger partial charge in [0.15, 0.2) is 0 Å². The molecule has 0 bridgehead atoms. The third-order valence-corrected chi connectivity index (χ3v) is 4.76. The molecule has 1 aromatic heterocycles. The lowest BCUT2D eigenvalue weighted by Crippen LogP contribution is -2.35. The van der Waals surface area contributed by atoms with Crippen molar-refractivity contribution in [1.29, 1.82) is 0 Å². The van der Waals surface area contributed by atoms with Crippen LogP contribution in [0.2, 0.25) is 0 Å². The number of carbonyl (C=O) groups is 1. The van der Waals surface area contributed by atoms with Gasteiger partial charge in [-0.15, -0.1) is 0 Å². The van der Waals surface area contributed by atoms with Gasteiger partial charge in [0, 0.05) is 31.6 Å². The number of hydrogen-bond donors (Lipinski definition) is 0. The van der Waals surface area contributed by atoms with Gasteiger partial charge in [0.1, 0.15) is 5.78 Å². The van der Waals surface area contributed by atoms with E-state index in [0.29, 0.717) is 17.7 Å². The Bertz CT molecular complexity index is 470. The zero-order valence-electron chi connectivity index (χ0n) is 14.6.